The van der Waals surface area contributed by atoms with Crippen LogP contribution >= 0.6 is 0 Å². The summed E-state index contributed by atoms with van der Waals surface area (Å²) in [4.78, 5) is 9.19. The smallest absolute Gasteiger partial charge is 0.0695 e. The topological polar surface area (TPSA) is 48.1 Å². The minimum atomic E-state index is 0.739. The summed E-state index contributed by atoms with van der Waals surface area (Å²) in [6, 6.07) is 10.6. The van der Waals surface area contributed by atoms with Crippen LogP contribution in [0.3, 0.4) is 0 Å². The first-order valence-electron chi connectivity index (χ1n) is 8.99. The Labute approximate surface area is 148 Å². The van der Waals surface area contributed by atoms with Crippen molar-refractivity contribution in [2.24, 2.45) is 5.92 Å². The maximum Gasteiger partial charge on any atom is 0.0695 e. The zero-order chi connectivity index (χ0) is 17.1. The summed E-state index contributed by atoms with van der Waals surface area (Å²) >= 11 is 0. The third-order valence-corrected chi connectivity index (χ3v) is 5.07. The van der Waals surface area contributed by atoms with Crippen LogP contribution in [0, 0.1) is 5.92 Å². The van der Waals surface area contributed by atoms with Gasteiger partial charge in [0.25, 0.3) is 0 Å². The van der Waals surface area contributed by atoms with E-state index in [1.165, 1.54) is 41.5 Å². The number of aromatic amines is 1. The highest BCUT2D eigenvalue weighted by Crippen LogP contribution is 2.23. The Bertz CT molecular complexity index is 813. The van der Waals surface area contributed by atoms with E-state index in [0.29, 0.717) is 0 Å². The van der Waals surface area contributed by atoms with Crippen LogP contribution in [-0.4, -0.2) is 51.7 Å². The van der Waals surface area contributed by atoms with Gasteiger partial charge in [-0.25, -0.2) is 0 Å². The second-order valence-electron chi connectivity index (χ2n) is 7.20. The second-order valence-corrected chi connectivity index (χ2v) is 7.20. The zero-order valence-corrected chi connectivity index (χ0v) is 14.7. The van der Waals surface area contributed by atoms with Crippen molar-refractivity contribution >= 4 is 10.9 Å². The minimum Gasteiger partial charge on any atom is -0.302 e. The number of fused-ring (bicyclic) bond motifs is 1. The van der Waals surface area contributed by atoms with E-state index in [4.69, 9.17) is 0 Å². The zero-order valence-electron chi connectivity index (χ0n) is 14.7. The fraction of sp³-hybridized carbons (Fsp3) is 0.400. The van der Waals surface area contributed by atoms with E-state index in [2.05, 4.69) is 56.3 Å². The van der Waals surface area contributed by atoms with Crippen LogP contribution in [0.15, 0.2) is 48.9 Å². The molecule has 1 aromatic carbocycles. The molecule has 0 saturated carbocycles. The average Bonchev–Trinajstić information content (AvgIpc) is 3.25. The standard InChI is InChI=1S/C20H25N5/c1-24(12-16-4-3-8-21-10-16)13-17-7-9-25(14-17)15-19-6-2-5-18-11-22-23-20(18)19/h2-6,8,10-11,17H,7,9,12-15H2,1H3,(H,22,23)/t17-/m0/s1. The van der Waals surface area contributed by atoms with Gasteiger partial charge in [0.05, 0.1) is 11.7 Å². The van der Waals surface area contributed by atoms with Crippen molar-refractivity contribution in [2.75, 3.05) is 26.7 Å². The van der Waals surface area contributed by atoms with Gasteiger partial charge >= 0.3 is 0 Å². The van der Waals surface area contributed by atoms with E-state index in [0.717, 1.165) is 25.6 Å². The second kappa shape index (κ2) is 7.33. The summed E-state index contributed by atoms with van der Waals surface area (Å²) in [5.41, 5.74) is 3.81. The molecule has 0 amide bonds. The van der Waals surface area contributed by atoms with E-state index in [-0.39, 0.29) is 0 Å². The lowest BCUT2D eigenvalue weighted by Crippen LogP contribution is -2.28. The molecule has 130 valence electrons. The first-order chi connectivity index (χ1) is 12.3. The van der Waals surface area contributed by atoms with Gasteiger partial charge in [0.2, 0.25) is 0 Å². The third kappa shape index (κ3) is 3.89. The molecule has 1 fully saturated rings. The van der Waals surface area contributed by atoms with Crippen LogP contribution in [0.4, 0.5) is 0 Å². The van der Waals surface area contributed by atoms with Crippen LogP contribution in [0.1, 0.15) is 17.5 Å². The molecule has 0 bridgehead atoms. The van der Waals surface area contributed by atoms with E-state index in [1.807, 2.05) is 24.7 Å². The molecular weight excluding hydrogens is 310 g/mol. The molecule has 1 aliphatic rings. The number of nitrogens with zero attached hydrogens (tertiary/aromatic N) is 4. The van der Waals surface area contributed by atoms with E-state index >= 15 is 0 Å². The summed E-state index contributed by atoms with van der Waals surface area (Å²) in [6.07, 6.45) is 6.97. The fourth-order valence-electron chi connectivity index (χ4n) is 3.92. The number of hydrogen-bond acceptors (Lipinski definition) is 4. The van der Waals surface area contributed by atoms with Gasteiger partial charge in [-0.15, -0.1) is 0 Å². The molecule has 3 aromatic rings. The molecule has 1 saturated heterocycles. The summed E-state index contributed by atoms with van der Waals surface area (Å²) in [5.74, 6) is 0.739. The molecule has 0 aliphatic carbocycles. The average molecular weight is 335 g/mol. The van der Waals surface area contributed by atoms with Crippen molar-refractivity contribution in [3.05, 3.63) is 60.0 Å². The molecule has 5 heteroatoms. The van der Waals surface area contributed by atoms with Gasteiger partial charge < -0.3 is 4.90 Å². The molecule has 25 heavy (non-hydrogen) atoms. The third-order valence-electron chi connectivity index (χ3n) is 5.07. The Morgan fingerprint density at radius 1 is 1.24 bits per heavy atom. The summed E-state index contributed by atoms with van der Waals surface area (Å²) in [6.45, 7) is 5.46. The largest absolute Gasteiger partial charge is 0.302 e. The van der Waals surface area contributed by atoms with Gasteiger partial charge in [0.1, 0.15) is 0 Å². The quantitative estimate of drug-likeness (QED) is 0.752. The molecule has 0 spiro atoms. The van der Waals surface area contributed by atoms with Crippen molar-refractivity contribution in [1.82, 2.24) is 25.0 Å². The molecule has 1 atom stereocenters. The highest BCUT2D eigenvalue weighted by molar-refractivity contribution is 5.81. The van der Waals surface area contributed by atoms with E-state index in [1.54, 1.807) is 0 Å². The number of para-hydroxylation sites is 1. The number of H-pyrrole nitrogens is 1. The van der Waals surface area contributed by atoms with Crippen LogP contribution in [0.25, 0.3) is 10.9 Å². The molecular formula is C20H25N5. The Hall–Kier alpha value is -2.24. The lowest BCUT2D eigenvalue weighted by Gasteiger charge is -2.21. The van der Waals surface area contributed by atoms with Crippen molar-refractivity contribution in [1.29, 1.82) is 0 Å². The Kier molecular flexibility index (Phi) is 4.76. The maximum absolute atomic E-state index is 4.21. The molecule has 1 aliphatic heterocycles. The Morgan fingerprint density at radius 2 is 2.20 bits per heavy atom. The van der Waals surface area contributed by atoms with Crippen LogP contribution < -0.4 is 0 Å². The monoisotopic (exact) mass is 335 g/mol. The lowest BCUT2D eigenvalue weighted by molar-refractivity contribution is 0.255. The number of pyridine rings is 1. The van der Waals surface area contributed by atoms with Gasteiger partial charge in [-0.05, 0) is 43.1 Å². The van der Waals surface area contributed by atoms with Crippen LogP contribution in [0.2, 0.25) is 0 Å². The number of benzene rings is 1. The molecule has 5 nitrogen and oxygen atoms in total. The van der Waals surface area contributed by atoms with Gasteiger partial charge in [0, 0.05) is 44.0 Å². The first kappa shape index (κ1) is 16.2. The SMILES string of the molecule is CN(Cc1cccnc1)C[C@@H]1CCN(Cc2cccc3cn[nH]c23)C1. The lowest BCUT2D eigenvalue weighted by atomic mass is 10.1. The molecule has 3 heterocycles. The van der Waals surface area contributed by atoms with E-state index < -0.39 is 0 Å². The number of hydrogen-bond donors (Lipinski definition) is 1. The number of rotatable bonds is 6. The van der Waals surface area contributed by atoms with Crippen LogP contribution in [0.5, 0.6) is 0 Å². The Balaban J connectivity index is 1.31. The van der Waals surface area contributed by atoms with Crippen molar-refractivity contribution in [2.45, 2.75) is 19.5 Å². The molecule has 0 unspecified atom stereocenters. The first-order valence-corrected chi connectivity index (χ1v) is 8.99. The number of nitrogens with one attached hydrogen (secondary N) is 1. The van der Waals surface area contributed by atoms with Crippen molar-refractivity contribution in [3.8, 4) is 0 Å². The fourth-order valence-corrected chi connectivity index (χ4v) is 3.92. The molecule has 1 N–H and O–H groups in total. The van der Waals surface area contributed by atoms with E-state index in [9.17, 15) is 0 Å². The summed E-state index contributed by atoms with van der Waals surface area (Å²) in [7, 11) is 2.21. The summed E-state index contributed by atoms with van der Waals surface area (Å²) in [5, 5.41) is 8.52. The molecule has 0 radical (unpaired) electrons. The minimum absolute atomic E-state index is 0.739. The molecule has 2 aromatic heterocycles. The molecule has 4 rings (SSSR count). The van der Waals surface area contributed by atoms with Crippen molar-refractivity contribution in [3.63, 3.8) is 0 Å². The highest BCUT2D eigenvalue weighted by atomic mass is 15.2. The van der Waals surface area contributed by atoms with Gasteiger partial charge in [-0.2, -0.15) is 5.10 Å². The van der Waals surface area contributed by atoms with Gasteiger partial charge in [-0.3, -0.25) is 15.0 Å². The number of aromatic nitrogens is 3. The Morgan fingerprint density at radius 3 is 3.08 bits per heavy atom. The maximum atomic E-state index is 4.21. The highest BCUT2D eigenvalue weighted by Gasteiger charge is 2.24. The van der Waals surface area contributed by atoms with Crippen LogP contribution in [-0.2, 0) is 13.1 Å². The summed E-state index contributed by atoms with van der Waals surface area (Å²) < 4.78 is 0. The van der Waals surface area contributed by atoms with Gasteiger partial charge in [-0.1, -0.05) is 24.3 Å². The number of likely N-dealkylation sites (tertiary alicyclic amines) is 1. The normalized spacial score (nSPS) is 18.4. The predicted molar refractivity (Wildman–Crippen MR) is 100 cm³/mol. The van der Waals surface area contributed by atoms with Gasteiger partial charge in [0.15, 0.2) is 0 Å². The predicted octanol–water partition coefficient (Wildman–Crippen LogP) is 2.91. The van der Waals surface area contributed by atoms with Crippen molar-refractivity contribution < 1.29 is 0 Å².